The Bertz CT molecular complexity index is 624. The van der Waals surface area contributed by atoms with Gasteiger partial charge in [0.1, 0.15) is 12.2 Å². The first-order chi connectivity index (χ1) is 9.65. The number of carbonyl (C=O) groups is 1. The zero-order valence-corrected chi connectivity index (χ0v) is 12.0. The zero-order chi connectivity index (χ0) is 14.1. The lowest BCUT2D eigenvalue weighted by molar-refractivity contribution is 0.0982. The highest BCUT2D eigenvalue weighted by Crippen LogP contribution is 2.22. The molecule has 1 aliphatic carbocycles. The van der Waals surface area contributed by atoms with Crippen LogP contribution in [0.3, 0.4) is 0 Å². The minimum absolute atomic E-state index is 0.279. The monoisotopic (exact) mass is 272 g/mol. The number of hydrogen-bond donors (Lipinski definition) is 0. The molecule has 0 saturated carbocycles. The Morgan fingerprint density at radius 3 is 2.85 bits per heavy atom. The molecule has 1 aliphatic rings. The third-order valence-electron chi connectivity index (χ3n) is 3.82. The van der Waals surface area contributed by atoms with E-state index in [9.17, 15) is 4.79 Å². The van der Waals surface area contributed by atoms with Crippen molar-refractivity contribution in [3.05, 3.63) is 35.7 Å². The number of aromatic nitrogens is 4. The molecule has 0 N–H and O–H groups in total. The minimum Gasteiger partial charge on any atom is -0.346 e. The zero-order valence-electron chi connectivity index (χ0n) is 12.0. The van der Waals surface area contributed by atoms with Crippen LogP contribution in [0.25, 0.3) is 0 Å². The molecule has 0 saturated heterocycles. The normalized spacial score (nSPS) is 15.4. The highest BCUT2D eigenvalue weighted by Gasteiger charge is 2.18. The number of aryl methyl sites for hydroxylation is 1. The average molecular weight is 272 g/mol. The molecule has 3 rings (SSSR count). The molecule has 0 bridgehead atoms. The molecule has 0 unspecified atom stereocenters. The van der Waals surface area contributed by atoms with Crippen LogP contribution >= 0.6 is 0 Å². The van der Waals surface area contributed by atoms with Crippen molar-refractivity contribution < 1.29 is 4.79 Å². The van der Waals surface area contributed by atoms with Crippen LogP contribution in [0.15, 0.2) is 18.7 Å². The van der Waals surface area contributed by atoms with E-state index >= 15 is 0 Å². The molecule has 2 heterocycles. The Morgan fingerprint density at radius 1 is 1.25 bits per heavy atom. The van der Waals surface area contributed by atoms with Crippen molar-refractivity contribution in [2.24, 2.45) is 0 Å². The molecule has 0 aromatic carbocycles. The van der Waals surface area contributed by atoms with Crippen molar-refractivity contribution in [2.75, 3.05) is 0 Å². The Balaban J connectivity index is 1.87. The Labute approximate surface area is 118 Å². The number of hydrogen-bond acceptors (Lipinski definition) is 3. The minimum atomic E-state index is 0.279. The van der Waals surface area contributed by atoms with Crippen molar-refractivity contribution in [2.45, 2.75) is 52.1 Å². The van der Waals surface area contributed by atoms with Gasteiger partial charge in [-0.3, -0.25) is 4.79 Å². The van der Waals surface area contributed by atoms with Gasteiger partial charge in [-0.15, -0.1) is 0 Å². The summed E-state index contributed by atoms with van der Waals surface area (Å²) >= 11 is 0. The molecule has 0 atom stereocenters. The van der Waals surface area contributed by atoms with E-state index in [4.69, 9.17) is 0 Å². The molecule has 0 radical (unpaired) electrons. The summed E-state index contributed by atoms with van der Waals surface area (Å²) in [6, 6.07) is 0.294. The van der Waals surface area contributed by atoms with E-state index in [0.29, 0.717) is 19.0 Å². The average Bonchev–Trinajstić information content (AvgIpc) is 2.98. The van der Waals surface area contributed by atoms with Gasteiger partial charge in [0.2, 0.25) is 0 Å². The van der Waals surface area contributed by atoms with Gasteiger partial charge in [0, 0.05) is 30.4 Å². The first-order valence-electron chi connectivity index (χ1n) is 7.25. The molecular weight excluding hydrogens is 252 g/mol. The lowest BCUT2D eigenvalue weighted by atomic mass is 10.1. The number of carbonyl (C=O) groups excluding carboxylic acids is 1. The third-order valence-corrected chi connectivity index (χ3v) is 3.82. The van der Waals surface area contributed by atoms with Gasteiger partial charge < -0.3 is 4.57 Å². The second kappa shape index (κ2) is 5.23. The van der Waals surface area contributed by atoms with Gasteiger partial charge in [0.05, 0.1) is 6.54 Å². The second-order valence-corrected chi connectivity index (χ2v) is 5.71. The lowest BCUT2D eigenvalue weighted by Crippen LogP contribution is -2.11. The van der Waals surface area contributed by atoms with E-state index in [2.05, 4.69) is 34.7 Å². The van der Waals surface area contributed by atoms with Gasteiger partial charge in [0.25, 0.3) is 0 Å². The van der Waals surface area contributed by atoms with Gasteiger partial charge in [-0.05, 0) is 38.7 Å². The summed E-state index contributed by atoms with van der Waals surface area (Å²) in [5.41, 5.74) is 2.08. The summed E-state index contributed by atoms with van der Waals surface area (Å²) < 4.78 is 3.99. The van der Waals surface area contributed by atoms with Crippen LogP contribution in [0.4, 0.5) is 0 Å². The van der Waals surface area contributed by atoms with Crippen LogP contribution in [0.5, 0.6) is 0 Å². The highest BCUT2D eigenvalue weighted by molar-refractivity contribution is 5.97. The van der Waals surface area contributed by atoms with Crippen LogP contribution in [0.1, 0.15) is 60.9 Å². The van der Waals surface area contributed by atoms with E-state index < -0.39 is 0 Å². The summed E-state index contributed by atoms with van der Waals surface area (Å²) in [6.45, 7) is 4.84. The third kappa shape index (κ3) is 2.40. The van der Waals surface area contributed by atoms with Crippen molar-refractivity contribution in [3.8, 4) is 0 Å². The van der Waals surface area contributed by atoms with E-state index in [0.717, 1.165) is 30.7 Å². The predicted molar refractivity (Wildman–Crippen MR) is 75.8 cm³/mol. The fourth-order valence-corrected chi connectivity index (χ4v) is 2.81. The number of nitrogens with zero attached hydrogens (tertiary/aromatic N) is 4. The van der Waals surface area contributed by atoms with Crippen molar-refractivity contribution in [3.63, 3.8) is 0 Å². The molecule has 0 amide bonds. The summed E-state index contributed by atoms with van der Waals surface area (Å²) in [5.74, 6) is 1.21. The number of ketones is 1. The Kier molecular flexibility index (Phi) is 3.42. The van der Waals surface area contributed by atoms with Crippen molar-refractivity contribution >= 4 is 5.78 Å². The van der Waals surface area contributed by atoms with E-state index in [1.54, 1.807) is 6.33 Å². The summed E-state index contributed by atoms with van der Waals surface area (Å²) in [5, 5.41) is 4.25. The molecule has 106 valence electrons. The maximum Gasteiger partial charge on any atom is 0.164 e. The molecule has 20 heavy (non-hydrogen) atoms. The number of rotatable bonds is 3. The van der Waals surface area contributed by atoms with Crippen LogP contribution in [0, 0.1) is 0 Å². The maximum absolute atomic E-state index is 12.0. The standard InChI is InChI=1S/C15H20N4O/c1-11(2)19-15(16-10-17-19)9-18-7-12-5-3-4-6-14(20)13(12)8-18/h7-8,10-11H,3-6,9H2,1-2H3. The lowest BCUT2D eigenvalue weighted by Gasteiger charge is -2.09. The van der Waals surface area contributed by atoms with Gasteiger partial charge in [-0.2, -0.15) is 5.10 Å². The molecule has 2 aromatic heterocycles. The molecule has 5 nitrogen and oxygen atoms in total. The summed E-state index contributed by atoms with van der Waals surface area (Å²) in [7, 11) is 0. The van der Waals surface area contributed by atoms with E-state index in [1.807, 2.05) is 10.9 Å². The first-order valence-corrected chi connectivity index (χ1v) is 7.25. The predicted octanol–water partition coefficient (Wildman–Crippen LogP) is 2.62. The molecule has 0 fully saturated rings. The fourth-order valence-electron chi connectivity index (χ4n) is 2.81. The summed E-state index contributed by atoms with van der Waals surface area (Å²) in [6.07, 6.45) is 9.46. The topological polar surface area (TPSA) is 52.7 Å². The van der Waals surface area contributed by atoms with Crippen molar-refractivity contribution in [1.29, 1.82) is 0 Å². The van der Waals surface area contributed by atoms with Gasteiger partial charge in [-0.1, -0.05) is 0 Å². The quantitative estimate of drug-likeness (QED) is 0.807. The van der Waals surface area contributed by atoms with Crippen molar-refractivity contribution in [1.82, 2.24) is 19.3 Å². The molecule has 0 aliphatic heterocycles. The van der Waals surface area contributed by atoms with E-state index in [-0.39, 0.29) is 5.78 Å². The Morgan fingerprint density at radius 2 is 2.05 bits per heavy atom. The number of fused-ring (bicyclic) bond motifs is 1. The SMILES string of the molecule is CC(C)n1ncnc1Cn1cc2c(c1)C(=O)CCCC2. The molecule has 5 heteroatoms. The largest absolute Gasteiger partial charge is 0.346 e. The smallest absolute Gasteiger partial charge is 0.164 e. The second-order valence-electron chi connectivity index (χ2n) is 5.71. The molecular formula is C15H20N4O. The molecule has 0 spiro atoms. The van der Waals surface area contributed by atoms with Crippen LogP contribution < -0.4 is 0 Å². The van der Waals surface area contributed by atoms with Gasteiger partial charge in [0.15, 0.2) is 5.78 Å². The van der Waals surface area contributed by atoms with Gasteiger partial charge >= 0.3 is 0 Å². The maximum atomic E-state index is 12.0. The fraction of sp³-hybridized carbons (Fsp3) is 0.533. The molecule has 2 aromatic rings. The van der Waals surface area contributed by atoms with Crippen LogP contribution in [-0.2, 0) is 13.0 Å². The van der Waals surface area contributed by atoms with Crippen LogP contribution in [-0.4, -0.2) is 25.1 Å². The van der Waals surface area contributed by atoms with Gasteiger partial charge in [-0.25, -0.2) is 9.67 Å². The number of Topliss-reactive ketones (excluding diaryl/α,β-unsaturated/α-hetero) is 1. The van der Waals surface area contributed by atoms with E-state index in [1.165, 1.54) is 5.56 Å². The highest BCUT2D eigenvalue weighted by atomic mass is 16.1. The summed E-state index contributed by atoms with van der Waals surface area (Å²) in [4.78, 5) is 16.4. The Hall–Kier alpha value is -1.91. The van der Waals surface area contributed by atoms with Crippen LogP contribution in [0.2, 0.25) is 0 Å². The first kappa shape index (κ1) is 13.1.